The Morgan fingerprint density at radius 3 is 1.79 bits per heavy atom. The van der Waals surface area contributed by atoms with Crippen LogP contribution >= 0.6 is 11.3 Å². The van der Waals surface area contributed by atoms with Crippen molar-refractivity contribution in [2.45, 2.75) is 0 Å². The molecule has 11 aromatic rings. The maximum atomic E-state index is 5.58. The molecule has 0 bridgehead atoms. The van der Waals surface area contributed by atoms with Gasteiger partial charge in [-0.25, -0.2) is 9.97 Å². The number of para-hydroxylation sites is 1. The predicted octanol–water partition coefficient (Wildman–Crippen LogP) is 10.6. The quantitative estimate of drug-likeness (QED) is 0.164. The lowest BCUT2D eigenvalue weighted by Gasteiger charge is -2.32. The van der Waals surface area contributed by atoms with Gasteiger partial charge >= 0.3 is 0 Å². The Bertz CT molecular complexity index is 3300. The van der Waals surface area contributed by atoms with Crippen molar-refractivity contribution in [3.8, 4) is 39.6 Å². The van der Waals surface area contributed by atoms with Crippen molar-refractivity contribution in [3.05, 3.63) is 200 Å². The van der Waals surface area contributed by atoms with Crippen molar-refractivity contribution < 1.29 is 0 Å². The van der Waals surface area contributed by atoms with Crippen LogP contribution in [0, 0.1) is 0 Å². The molecule has 0 unspecified atom stereocenters. The second-order valence-corrected chi connectivity index (χ2v) is 19.6. The van der Waals surface area contributed by atoms with Crippen LogP contribution in [0.5, 0.6) is 0 Å². The zero-order chi connectivity index (χ0) is 37.5. The number of thiophene rings is 1. The lowest BCUT2D eigenvalue weighted by molar-refractivity contribution is 1.18. The summed E-state index contributed by atoms with van der Waals surface area (Å²) in [7, 11) is -2.89. The summed E-state index contributed by atoms with van der Waals surface area (Å²) >= 11 is 1.87. The normalized spacial score (nSPS) is 13.1. The lowest BCUT2D eigenvalue weighted by atomic mass is 10.1. The first-order chi connectivity index (χ1) is 28.3. The fourth-order valence-electron chi connectivity index (χ4n) is 9.55. The highest BCUT2D eigenvalue weighted by Gasteiger charge is 2.51. The molecular formula is C52H33N3SSi. The maximum absolute atomic E-state index is 5.58. The summed E-state index contributed by atoms with van der Waals surface area (Å²) < 4.78 is 5.07. The second-order valence-electron chi connectivity index (χ2n) is 14.8. The van der Waals surface area contributed by atoms with E-state index in [1.807, 2.05) is 11.3 Å². The summed E-state index contributed by atoms with van der Waals surface area (Å²) in [4.78, 5) is 11.1. The van der Waals surface area contributed by atoms with Gasteiger partial charge in [-0.3, -0.25) is 0 Å². The number of hydrogen-bond donors (Lipinski definition) is 0. The van der Waals surface area contributed by atoms with Gasteiger partial charge < -0.3 is 4.57 Å². The number of benzene rings is 8. The standard InChI is InChI=1S/C52H33N3SSi/c1-4-16-35(17-5-1)52-53-49(51-50(54-52)41-24-12-15-27-46(41)57(51,37-18-6-2-7-19-37)38-20-8-3-9-21-38)34-28-30-36(31-29-34)55-42-25-13-10-22-39(42)47-43(55)32-33-45-48(47)40-23-11-14-26-44(40)56-45/h1-33H. The van der Waals surface area contributed by atoms with Crippen molar-refractivity contribution in [1.29, 1.82) is 0 Å². The van der Waals surface area contributed by atoms with E-state index in [0.717, 1.165) is 34.0 Å². The second kappa shape index (κ2) is 12.5. The van der Waals surface area contributed by atoms with Crippen molar-refractivity contribution in [2.75, 3.05) is 0 Å². The van der Waals surface area contributed by atoms with Gasteiger partial charge in [0.15, 0.2) is 13.9 Å². The van der Waals surface area contributed by atoms with Gasteiger partial charge in [0.1, 0.15) is 0 Å². The first kappa shape index (κ1) is 32.3. The molecule has 1 aliphatic heterocycles. The first-order valence-corrected chi connectivity index (χ1v) is 22.2. The van der Waals surface area contributed by atoms with Crippen LogP contribution in [0.3, 0.4) is 0 Å². The van der Waals surface area contributed by atoms with Gasteiger partial charge in [-0.2, -0.15) is 0 Å². The molecule has 0 spiro atoms. The molecule has 4 heterocycles. The Balaban J connectivity index is 1.13. The van der Waals surface area contributed by atoms with Crippen LogP contribution in [0.4, 0.5) is 0 Å². The fourth-order valence-corrected chi connectivity index (χ4v) is 15.9. The summed E-state index contributed by atoms with van der Waals surface area (Å²) in [5, 5.41) is 10.5. The summed E-state index contributed by atoms with van der Waals surface area (Å²) in [5.74, 6) is 0.739. The lowest BCUT2D eigenvalue weighted by Crippen LogP contribution is -2.73. The van der Waals surface area contributed by atoms with Crippen molar-refractivity contribution in [2.24, 2.45) is 0 Å². The number of fused-ring (bicyclic) bond motifs is 10. The minimum absolute atomic E-state index is 0.739. The van der Waals surface area contributed by atoms with E-state index < -0.39 is 8.07 Å². The van der Waals surface area contributed by atoms with Crippen LogP contribution in [0.1, 0.15) is 0 Å². The molecule has 266 valence electrons. The Morgan fingerprint density at radius 2 is 1.04 bits per heavy atom. The summed E-state index contributed by atoms with van der Waals surface area (Å²) in [6.07, 6.45) is 0. The average Bonchev–Trinajstić information content (AvgIpc) is 3.93. The molecule has 3 aromatic heterocycles. The van der Waals surface area contributed by atoms with Crippen LogP contribution in [0.15, 0.2) is 200 Å². The van der Waals surface area contributed by atoms with Crippen LogP contribution < -0.4 is 20.7 Å². The topological polar surface area (TPSA) is 30.7 Å². The molecule has 12 rings (SSSR count). The molecule has 0 radical (unpaired) electrons. The van der Waals surface area contributed by atoms with Crippen molar-refractivity contribution in [3.63, 3.8) is 0 Å². The predicted molar refractivity (Wildman–Crippen MR) is 243 cm³/mol. The highest BCUT2D eigenvalue weighted by Crippen LogP contribution is 2.43. The van der Waals surface area contributed by atoms with E-state index in [0.29, 0.717) is 0 Å². The molecule has 1 aliphatic rings. The Hall–Kier alpha value is -6.92. The van der Waals surface area contributed by atoms with E-state index in [2.05, 4.69) is 205 Å². The Kier molecular flexibility index (Phi) is 7.12. The third-order valence-corrected chi connectivity index (χ3v) is 17.9. The minimum atomic E-state index is -2.89. The van der Waals surface area contributed by atoms with Crippen LogP contribution in [0.2, 0.25) is 0 Å². The molecule has 0 atom stereocenters. The molecule has 0 aliphatic carbocycles. The van der Waals surface area contributed by atoms with E-state index in [-0.39, 0.29) is 0 Å². The zero-order valence-corrected chi connectivity index (χ0v) is 32.6. The van der Waals surface area contributed by atoms with Crippen molar-refractivity contribution in [1.82, 2.24) is 14.5 Å². The van der Waals surface area contributed by atoms with E-state index in [1.165, 1.54) is 68.3 Å². The van der Waals surface area contributed by atoms with Gasteiger partial charge in [0.25, 0.3) is 0 Å². The molecule has 0 saturated heterocycles. The third-order valence-electron chi connectivity index (χ3n) is 11.9. The maximum Gasteiger partial charge on any atom is 0.185 e. The monoisotopic (exact) mass is 759 g/mol. The molecule has 57 heavy (non-hydrogen) atoms. The first-order valence-electron chi connectivity index (χ1n) is 19.4. The number of aromatic nitrogens is 3. The molecule has 3 nitrogen and oxygen atoms in total. The molecule has 0 amide bonds. The summed E-state index contributed by atoms with van der Waals surface area (Å²) in [6.45, 7) is 0. The molecule has 8 aromatic carbocycles. The Morgan fingerprint density at radius 1 is 0.421 bits per heavy atom. The highest BCUT2D eigenvalue weighted by atomic mass is 32.1. The SMILES string of the molecule is c1ccc(-c2nc(-c3ccc(-n4c5ccccc5c5c6c(ccc54)sc4ccccc46)cc3)c3c(n2)-c2ccccc2[Si]3(c2ccccc2)c2ccccc2)cc1. The van der Waals surface area contributed by atoms with Gasteiger partial charge in [-0.1, -0.05) is 164 Å². The van der Waals surface area contributed by atoms with Crippen LogP contribution in [-0.4, -0.2) is 22.6 Å². The van der Waals surface area contributed by atoms with Gasteiger partial charge in [0.2, 0.25) is 0 Å². The minimum Gasteiger partial charge on any atom is -0.309 e. The average molecular weight is 760 g/mol. The summed E-state index contributed by atoms with van der Waals surface area (Å²) in [5.41, 5.74) is 8.85. The van der Waals surface area contributed by atoms with Gasteiger partial charge in [-0.15, -0.1) is 11.3 Å². The summed E-state index contributed by atoms with van der Waals surface area (Å²) in [6, 6.07) is 73.0. The van der Waals surface area contributed by atoms with Gasteiger partial charge in [0, 0.05) is 58.5 Å². The molecule has 5 heteroatoms. The highest BCUT2D eigenvalue weighted by molar-refractivity contribution is 7.26. The third kappa shape index (κ3) is 4.64. The van der Waals surface area contributed by atoms with E-state index >= 15 is 0 Å². The molecular weight excluding hydrogens is 727 g/mol. The van der Waals surface area contributed by atoms with Gasteiger partial charge in [0.05, 0.1) is 22.4 Å². The van der Waals surface area contributed by atoms with Crippen molar-refractivity contribution >= 4 is 82.1 Å². The largest absolute Gasteiger partial charge is 0.309 e. The van der Waals surface area contributed by atoms with Crippen LogP contribution in [-0.2, 0) is 0 Å². The number of hydrogen-bond acceptors (Lipinski definition) is 3. The molecule has 0 fully saturated rings. The van der Waals surface area contributed by atoms with E-state index in [9.17, 15) is 0 Å². The smallest absolute Gasteiger partial charge is 0.185 e. The molecule has 0 saturated carbocycles. The fraction of sp³-hybridized carbons (Fsp3) is 0. The molecule has 0 N–H and O–H groups in total. The number of nitrogens with zero attached hydrogens (tertiary/aromatic N) is 3. The Labute approximate surface area is 334 Å². The van der Waals surface area contributed by atoms with Crippen LogP contribution in [0.25, 0.3) is 81.6 Å². The number of rotatable bonds is 5. The van der Waals surface area contributed by atoms with E-state index in [4.69, 9.17) is 9.97 Å². The van der Waals surface area contributed by atoms with Gasteiger partial charge in [-0.05, 0) is 52.0 Å². The van der Waals surface area contributed by atoms with E-state index in [1.54, 1.807) is 0 Å². The zero-order valence-electron chi connectivity index (χ0n) is 30.8.